The van der Waals surface area contributed by atoms with E-state index in [9.17, 15) is 0 Å². The van der Waals surface area contributed by atoms with Crippen molar-refractivity contribution >= 4 is 0 Å². The van der Waals surface area contributed by atoms with Gasteiger partial charge in [0, 0.05) is 25.7 Å². The van der Waals surface area contributed by atoms with Crippen molar-refractivity contribution in [2.45, 2.75) is 44.4 Å². The highest BCUT2D eigenvalue weighted by molar-refractivity contribution is 4.86. The SMILES string of the molecule is CC1CCC(CN2CCC2CN)O1. The van der Waals surface area contributed by atoms with Crippen LogP contribution >= 0.6 is 0 Å². The van der Waals surface area contributed by atoms with Gasteiger partial charge in [-0.3, -0.25) is 4.90 Å². The first-order chi connectivity index (χ1) is 6.29. The van der Waals surface area contributed by atoms with E-state index in [-0.39, 0.29) is 0 Å². The van der Waals surface area contributed by atoms with Crippen LogP contribution in [0.2, 0.25) is 0 Å². The van der Waals surface area contributed by atoms with Crippen LogP contribution in [0.25, 0.3) is 0 Å². The highest BCUT2D eigenvalue weighted by Crippen LogP contribution is 2.23. The van der Waals surface area contributed by atoms with Crippen LogP contribution in [0.4, 0.5) is 0 Å². The smallest absolute Gasteiger partial charge is 0.0706 e. The van der Waals surface area contributed by atoms with Gasteiger partial charge in [0.25, 0.3) is 0 Å². The van der Waals surface area contributed by atoms with E-state index in [1.807, 2.05) is 0 Å². The van der Waals surface area contributed by atoms with E-state index in [1.165, 1.54) is 25.8 Å². The van der Waals surface area contributed by atoms with Crippen molar-refractivity contribution in [1.82, 2.24) is 4.90 Å². The van der Waals surface area contributed by atoms with Crippen LogP contribution in [0.3, 0.4) is 0 Å². The largest absolute Gasteiger partial charge is 0.374 e. The number of hydrogen-bond donors (Lipinski definition) is 1. The summed E-state index contributed by atoms with van der Waals surface area (Å²) in [6.45, 7) is 5.29. The Morgan fingerprint density at radius 2 is 2.23 bits per heavy atom. The maximum atomic E-state index is 5.78. The number of rotatable bonds is 3. The summed E-state index contributed by atoms with van der Waals surface area (Å²) in [6.07, 6.45) is 4.69. The van der Waals surface area contributed by atoms with Crippen LogP contribution in [0, 0.1) is 0 Å². The lowest BCUT2D eigenvalue weighted by Crippen LogP contribution is -2.54. The van der Waals surface area contributed by atoms with Gasteiger partial charge in [-0.05, 0) is 26.2 Å². The standard InChI is InChI=1S/C10H20N2O/c1-8-2-3-10(13-8)7-12-5-4-9(12)6-11/h8-10H,2-7,11H2,1H3. The molecule has 2 saturated heterocycles. The van der Waals surface area contributed by atoms with Gasteiger partial charge in [0.05, 0.1) is 12.2 Å². The monoisotopic (exact) mass is 184 g/mol. The molecule has 2 aliphatic rings. The molecule has 0 aromatic carbocycles. The quantitative estimate of drug-likeness (QED) is 0.697. The number of nitrogens with zero attached hydrogens (tertiary/aromatic N) is 1. The zero-order valence-electron chi connectivity index (χ0n) is 8.41. The van der Waals surface area contributed by atoms with E-state index in [0.29, 0.717) is 18.2 Å². The van der Waals surface area contributed by atoms with Gasteiger partial charge < -0.3 is 10.5 Å². The number of nitrogens with two attached hydrogens (primary N) is 1. The molecule has 3 unspecified atom stereocenters. The van der Waals surface area contributed by atoms with Crippen LogP contribution in [-0.2, 0) is 4.74 Å². The summed E-state index contributed by atoms with van der Waals surface area (Å²) < 4.78 is 5.78. The minimum Gasteiger partial charge on any atom is -0.374 e. The molecule has 3 nitrogen and oxygen atoms in total. The molecule has 0 spiro atoms. The molecule has 2 N–H and O–H groups in total. The molecular weight excluding hydrogens is 164 g/mol. The topological polar surface area (TPSA) is 38.5 Å². The summed E-state index contributed by atoms with van der Waals surface area (Å²) >= 11 is 0. The number of likely N-dealkylation sites (tertiary alicyclic amines) is 1. The third-order valence-electron chi connectivity index (χ3n) is 3.30. The molecule has 76 valence electrons. The summed E-state index contributed by atoms with van der Waals surface area (Å²) in [6, 6.07) is 0.638. The Morgan fingerprint density at radius 3 is 2.69 bits per heavy atom. The molecule has 2 fully saturated rings. The van der Waals surface area contributed by atoms with Crippen molar-refractivity contribution < 1.29 is 4.74 Å². The normalized spacial score (nSPS) is 40.6. The van der Waals surface area contributed by atoms with Crippen molar-refractivity contribution in [2.75, 3.05) is 19.6 Å². The van der Waals surface area contributed by atoms with Crippen LogP contribution in [0.5, 0.6) is 0 Å². The molecule has 2 aliphatic heterocycles. The van der Waals surface area contributed by atoms with Gasteiger partial charge in [-0.25, -0.2) is 0 Å². The Labute approximate surface area is 80.2 Å². The zero-order chi connectivity index (χ0) is 9.26. The lowest BCUT2D eigenvalue weighted by molar-refractivity contribution is -0.00357. The zero-order valence-corrected chi connectivity index (χ0v) is 8.41. The predicted molar refractivity (Wildman–Crippen MR) is 52.6 cm³/mol. The molecule has 0 aromatic rings. The Balaban J connectivity index is 1.72. The van der Waals surface area contributed by atoms with Gasteiger partial charge in [-0.1, -0.05) is 0 Å². The first kappa shape index (κ1) is 9.44. The average Bonchev–Trinajstić information content (AvgIpc) is 2.46. The average molecular weight is 184 g/mol. The molecule has 0 amide bonds. The summed E-state index contributed by atoms with van der Waals surface area (Å²) in [4.78, 5) is 2.46. The van der Waals surface area contributed by atoms with E-state index in [1.54, 1.807) is 0 Å². The molecule has 0 saturated carbocycles. The summed E-state index contributed by atoms with van der Waals surface area (Å²) in [5, 5.41) is 0. The molecule has 2 heterocycles. The maximum absolute atomic E-state index is 5.78. The Kier molecular flexibility index (Phi) is 2.86. The number of ether oxygens (including phenoxy) is 1. The Hall–Kier alpha value is -0.120. The second-order valence-corrected chi connectivity index (χ2v) is 4.32. The van der Waals surface area contributed by atoms with Crippen LogP contribution in [-0.4, -0.2) is 42.8 Å². The molecule has 0 aliphatic carbocycles. The molecule has 2 rings (SSSR count). The van der Waals surface area contributed by atoms with Crippen molar-refractivity contribution in [1.29, 1.82) is 0 Å². The Morgan fingerprint density at radius 1 is 1.38 bits per heavy atom. The molecule has 3 atom stereocenters. The third-order valence-corrected chi connectivity index (χ3v) is 3.30. The molecule has 0 aromatic heterocycles. The lowest BCUT2D eigenvalue weighted by Gasteiger charge is -2.41. The van der Waals surface area contributed by atoms with Crippen LogP contribution in [0.15, 0.2) is 0 Å². The molecule has 0 radical (unpaired) electrons. The van der Waals surface area contributed by atoms with Crippen molar-refractivity contribution in [2.24, 2.45) is 5.73 Å². The fourth-order valence-corrected chi connectivity index (χ4v) is 2.28. The molecule has 13 heavy (non-hydrogen) atoms. The first-order valence-corrected chi connectivity index (χ1v) is 5.39. The van der Waals surface area contributed by atoms with Gasteiger partial charge in [-0.15, -0.1) is 0 Å². The second kappa shape index (κ2) is 3.95. The van der Waals surface area contributed by atoms with E-state index in [2.05, 4.69) is 11.8 Å². The third kappa shape index (κ3) is 2.03. The Bertz CT molecular complexity index is 172. The van der Waals surface area contributed by atoms with Crippen molar-refractivity contribution in [3.63, 3.8) is 0 Å². The number of hydrogen-bond acceptors (Lipinski definition) is 3. The minimum atomic E-state index is 0.475. The fraction of sp³-hybridized carbons (Fsp3) is 1.00. The molecule has 0 bridgehead atoms. The minimum absolute atomic E-state index is 0.475. The van der Waals surface area contributed by atoms with E-state index in [4.69, 9.17) is 10.5 Å². The van der Waals surface area contributed by atoms with Crippen LogP contribution < -0.4 is 5.73 Å². The second-order valence-electron chi connectivity index (χ2n) is 4.32. The summed E-state index contributed by atoms with van der Waals surface area (Å²) in [5.74, 6) is 0. The predicted octanol–water partition coefficient (Wildman–Crippen LogP) is 0.587. The first-order valence-electron chi connectivity index (χ1n) is 5.39. The maximum Gasteiger partial charge on any atom is 0.0706 e. The van der Waals surface area contributed by atoms with Gasteiger partial charge in [-0.2, -0.15) is 0 Å². The van der Waals surface area contributed by atoms with Gasteiger partial charge in [0.15, 0.2) is 0 Å². The van der Waals surface area contributed by atoms with Crippen molar-refractivity contribution in [3.05, 3.63) is 0 Å². The van der Waals surface area contributed by atoms with Gasteiger partial charge in [0.2, 0.25) is 0 Å². The van der Waals surface area contributed by atoms with Crippen LogP contribution in [0.1, 0.15) is 26.2 Å². The van der Waals surface area contributed by atoms with Gasteiger partial charge >= 0.3 is 0 Å². The summed E-state index contributed by atoms with van der Waals surface area (Å²) in [5.41, 5.74) is 5.64. The summed E-state index contributed by atoms with van der Waals surface area (Å²) in [7, 11) is 0. The van der Waals surface area contributed by atoms with E-state index < -0.39 is 0 Å². The van der Waals surface area contributed by atoms with E-state index in [0.717, 1.165) is 13.1 Å². The molecular formula is C10H20N2O. The van der Waals surface area contributed by atoms with E-state index >= 15 is 0 Å². The van der Waals surface area contributed by atoms with Gasteiger partial charge in [0.1, 0.15) is 0 Å². The lowest BCUT2D eigenvalue weighted by atomic mass is 10.0. The fourth-order valence-electron chi connectivity index (χ4n) is 2.28. The highest BCUT2D eigenvalue weighted by Gasteiger charge is 2.31. The van der Waals surface area contributed by atoms with Crippen molar-refractivity contribution in [3.8, 4) is 0 Å². The molecule has 3 heteroatoms. The highest BCUT2D eigenvalue weighted by atomic mass is 16.5.